The van der Waals surface area contributed by atoms with Crippen molar-refractivity contribution in [3.05, 3.63) is 64.7 Å². The van der Waals surface area contributed by atoms with Crippen LogP contribution in [0.15, 0.2) is 42.5 Å². The van der Waals surface area contributed by atoms with Crippen LogP contribution in [0.5, 0.6) is 5.75 Å². The van der Waals surface area contributed by atoms with E-state index in [4.69, 9.17) is 16.3 Å². The summed E-state index contributed by atoms with van der Waals surface area (Å²) in [6.45, 7) is 1.54. The molecule has 0 aliphatic carbocycles. The number of hydrogen-bond acceptors (Lipinski definition) is 2. The summed E-state index contributed by atoms with van der Waals surface area (Å²) in [4.78, 5) is 0. The third kappa shape index (κ3) is 3.01. The Labute approximate surface area is 126 Å². The van der Waals surface area contributed by atoms with Gasteiger partial charge in [0.05, 0.1) is 5.02 Å². The lowest BCUT2D eigenvalue weighted by atomic mass is 9.90. The summed E-state index contributed by atoms with van der Waals surface area (Å²) in [5, 5.41) is 3.20. The van der Waals surface area contributed by atoms with Crippen LogP contribution < -0.4 is 10.1 Å². The van der Waals surface area contributed by atoms with Gasteiger partial charge in [0.15, 0.2) is 11.6 Å². The lowest BCUT2D eigenvalue weighted by Gasteiger charge is -2.35. The van der Waals surface area contributed by atoms with Crippen LogP contribution in [0.3, 0.4) is 0 Å². The molecule has 5 heteroatoms. The van der Waals surface area contributed by atoms with E-state index in [1.807, 2.05) is 0 Å². The van der Waals surface area contributed by atoms with Gasteiger partial charge >= 0.3 is 0 Å². The lowest BCUT2D eigenvalue weighted by Crippen LogP contribution is -2.46. The molecule has 3 rings (SSSR count). The van der Waals surface area contributed by atoms with Crippen LogP contribution in [0.4, 0.5) is 8.78 Å². The molecule has 2 nitrogen and oxygen atoms in total. The molecule has 1 unspecified atom stereocenters. The molecule has 0 spiro atoms. The molecule has 1 heterocycles. The minimum absolute atomic E-state index is 0.0434. The molecule has 1 atom stereocenters. The smallest absolute Gasteiger partial charge is 0.165 e. The van der Waals surface area contributed by atoms with E-state index in [1.165, 1.54) is 12.1 Å². The molecule has 21 heavy (non-hydrogen) atoms. The molecular weight excluding hydrogens is 296 g/mol. The SMILES string of the molecule is Fc1ccc(C(Oc2ccccc2F)C2CNC2)cc1Cl. The normalized spacial score (nSPS) is 16.3. The first kappa shape index (κ1) is 14.3. The van der Waals surface area contributed by atoms with E-state index in [1.54, 1.807) is 30.3 Å². The van der Waals surface area contributed by atoms with Crippen molar-refractivity contribution < 1.29 is 13.5 Å². The predicted octanol–water partition coefficient (Wildman–Crippen LogP) is 3.96. The van der Waals surface area contributed by atoms with E-state index in [0.717, 1.165) is 18.7 Å². The summed E-state index contributed by atoms with van der Waals surface area (Å²) in [5.74, 6) is -0.499. The Hall–Kier alpha value is -1.65. The quantitative estimate of drug-likeness (QED) is 0.923. The number of halogens is 3. The van der Waals surface area contributed by atoms with Gasteiger partial charge in [0.2, 0.25) is 0 Å². The maximum Gasteiger partial charge on any atom is 0.165 e. The Morgan fingerprint density at radius 3 is 2.48 bits per heavy atom. The average Bonchev–Trinajstić information content (AvgIpc) is 2.41. The zero-order valence-corrected chi connectivity index (χ0v) is 11.9. The van der Waals surface area contributed by atoms with Gasteiger partial charge in [0.1, 0.15) is 11.9 Å². The Bertz CT molecular complexity index is 646. The molecule has 1 aliphatic heterocycles. The largest absolute Gasteiger partial charge is 0.482 e. The molecule has 1 fully saturated rings. The van der Waals surface area contributed by atoms with Crippen LogP contribution in [-0.2, 0) is 0 Å². The number of ether oxygens (including phenoxy) is 1. The highest BCUT2D eigenvalue weighted by Gasteiger charge is 2.31. The Morgan fingerprint density at radius 1 is 1.10 bits per heavy atom. The Morgan fingerprint density at radius 2 is 1.86 bits per heavy atom. The third-order valence-electron chi connectivity index (χ3n) is 3.60. The fourth-order valence-electron chi connectivity index (χ4n) is 2.33. The Balaban J connectivity index is 1.90. The topological polar surface area (TPSA) is 21.3 Å². The zero-order chi connectivity index (χ0) is 14.8. The van der Waals surface area contributed by atoms with Gasteiger partial charge in [0, 0.05) is 19.0 Å². The van der Waals surface area contributed by atoms with Gasteiger partial charge in [-0.1, -0.05) is 29.8 Å². The van der Waals surface area contributed by atoms with Crippen LogP contribution >= 0.6 is 11.6 Å². The van der Waals surface area contributed by atoms with E-state index < -0.39 is 11.6 Å². The summed E-state index contributed by atoms with van der Waals surface area (Å²) in [7, 11) is 0. The summed E-state index contributed by atoms with van der Waals surface area (Å²) in [6.07, 6.45) is -0.360. The molecule has 0 aromatic heterocycles. The number of nitrogens with one attached hydrogen (secondary N) is 1. The van der Waals surface area contributed by atoms with Crippen molar-refractivity contribution in [1.29, 1.82) is 0 Å². The van der Waals surface area contributed by atoms with Gasteiger partial charge < -0.3 is 10.1 Å². The first-order chi connectivity index (χ1) is 10.1. The van der Waals surface area contributed by atoms with Crippen LogP contribution in [0, 0.1) is 17.6 Å². The molecule has 0 radical (unpaired) electrons. The first-order valence-corrected chi connectivity index (χ1v) is 7.10. The molecule has 0 saturated carbocycles. The van der Waals surface area contributed by atoms with E-state index in [-0.39, 0.29) is 22.8 Å². The van der Waals surface area contributed by atoms with Gasteiger partial charge in [-0.3, -0.25) is 0 Å². The molecule has 110 valence electrons. The number of para-hydroxylation sites is 1. The standard InChI is InChI=1S/C16H14ClF2NO/c17-12-7-10(5-6-13(12)18)16(11-8-20-9-11)21-15-4-2-1-3-14(15)19/h1-7,11,16,20H,8-9H2. The van der Waals surface area contributed by atoms with Crippen molar-refractivity contribution in [2.24, 2.45) is 5.92 Å². The molecule has 2 aromatic rings. The highest BCUT2D eigenvalue weighted by atomic mass is 35.5. The van der Waals surface area contributed by atoms with Gasteiger partial charge in [-0.25, -0.2) is 8.78 Å². The fourth-order valence-corrected chi connectivity index (χ4v) is 2.52. The van der Waals surface area contributed by atoms with Gasteiger partial charge in [0.25, 0.3) is 0 Å². The maximum absolute atomic E-state index is 13.8. The maximum atomic E-state index is 13.8. The van der Waals surface area contributed by atoms with Crippen molar-refractivity contribution in [2.75, 3.05) is 13.1 Å². The highest BCUT2D eigenvalue weighted by molar-refractivity contribution is 6.30. The molecule has 0 bridgehead atoms. The molecule has 2 aromatic carbocycles. The molecule has 0 amide bonds. The van der Waals surface area contributed by atoms with E-state index in [0.29, 0.717) is 0 Å². The molecule has 1 N–H and O–H groups in total. The minimum atomic E-state index is -0.475. The third-order valence-corrected chi connectivity index (χ3v) is 3.89. The summed E-state index contributed by atoms with van der Waals surface area (Å²) in [5.41, 5.74) is 0.746. The predicted molar refractivity (Wildman–Crippen MR) is 77.5 cm³/mol. The molecule has 1 saturated heterocycles. The molecular formula is C16H14ClF2NO. The summed E-state index contributed by atoms with van der Waals surface area (Å²) in [6, 6.07) is 10.7. The van der Waals surface area contributed by atoms with Crippen LogP contribution in [0.1, 0.15) is 11.7 Å². The zero-order valence-electron chi connectivity index (χ0n) is 11.2. The fraction of sp³-hybridized carbons (Fsp3) is 0.250. The molecule has 1 aliphatic rings. The second-order valence-electron chi connectivity index (χ2n) is 5.06. The van der Waals surface area contributed by atoms with Crippen LogP contribution in [0.2, 0.25) is 5.02 Å². The van der Waals surface area contributed by atoms with Crippen molar-refractivity contribution in [2.45, 2.75) is 6.10 Å². The average molecular weight is 310 g/mol. The number of rotatable bonds is 4. The number of hydrogen-bond donors (Lipinski definition) is 1. The second-order valence-corrected chi connectivity index (χ2v) is 5.47. The van der Waals surface area contributed by atoms with Crippen molar-refractivity contribution in [3.8, 4) is 5.75 Å². The first-order valence-electron chi connectivity index (χ1n) is 6.72. The van der Waals surface area contributed by atoms with Crippen molar-refractivity contribution in [3.63, 3.8) is 0 Å². The van der Waals surface area contributed by atoms with E-state index >= 15 is 0 Å². The van der Waals surface area contributed by atoms with Crippen LogP contribution in [-0.4, -0.2) is 13.1 Å². The van der Waals surface area contributed by atoms with Crippen molar-refractivity contribution in [1.82, 2.24) is 5.32 Å². The second kappa shape index (κ2) is 6.00. The highest BCUT2D eigenvalue weighted by Crippen LogP contribution is 2.33. The summed E-state index contributed by atoms with van der Waals surface area (Å²) >= 11 is 5.84. The Kier molecular flexibility index (Phi) is 4.08. The van der Waals surface area contributed by atoms with E-state index in [9.17, 15) is 8.78 Å². The minimum Gasteiger partial charge on any atom is -0.482 e. The van der Waals surface area contributed by atoms with Gasteiger partial charge in [-0.2, -0.15) is 0 Å². The van der Waals surface area contributed by atoms with Crippen molar-refractivity contribution >= 4 is 11.6 Å². The lowest BCUT2D eigenvalue weighted by molar-refractivity contribution is 0.0950. The van der Waals surface area contributed by atoms with Gasteiger partial charge in [-0.05, 0) is 29.8 Å². The van der Waals surface area contributed by atoms with Crippen LogP contribution in [0.25, 0.3) is 0 Å². The van der Waals surface area contributed by atoms with Gasteiger partial charge in [-0.15, -0.1) is 0 Å². The van der Waals surface area contributed by atoms with E-state index in [2.05, 4.69) is 5.32 Å². The summed E-state index contributed by atoms with van der Waals surface area (Å²) < 4.78 is 32.9. The number of benzene rings is 2. The monoisotopic (exact) mass is 309 g/mol.